The van der Waals surface area contributed by atoms with Gasteiger partial charge < -0.3 is 11.1 Å². The largest absolute Gasteiger partial charge is 0.387 e. The smallest absolute Gasteiger partial charge is 0.0977 e. The SMILES string of the molecule is CN=C(N)C1CCCNC1. The second-order valence-electron chi connectivity index (χ2n) is 2.69. The van der Waals surface area contributed by atoms with Gasteiger partial charge in [0, 0.05) is 19.5 Å². The molecule has 1 rings (SSSR count). The van der Waals surface area contributed by atoms with Crippen LogP contribution in [0, 0.1) is 5.92 Å². The molecule has 1 saturated heterocycles. The third kappa shape index (κ3) is 1.70. The normalized spacial score (nSPS) is 28.5. The van der Waals surface area contributed by atoms with Gasteiger partial charge >= 0.3 is 0 Å². The lowest BCUT2D eigenvalue weighted by atomic mass is 9.99. The fraction of sp³-hybridized carbons (Fsp3) is 0.857. The summed E-state index contributed by atoms with van der Waals surface area (Å²) in [7, 11) is 1.75. The van der Waals surface area contributed by atoms with E-state index in [1.807, 2.05) is 0 Å². The first-order valence-electron chi connectivity index (χ1n) is 3.77. The fourth-order valence-corrected chi connectivity index (χ4v) is 1.29. The van der Waals surface area contributed by atoms with Crippen LogP contribution in [0.3, 0.4) is 0 Å². The predicted octanol–water partition coefficient (Wildman–Crippen LogP) is -0.0270. The van der Waals surface area contributed by atoms with Crippen LogP contribution in [-0.2, 0) is 0 Å². The van der Waals surface area contributed by atoms with E-state index in [4.69, 9.17) is 5.73 Å². The number of hydrogen-bond acceptors (Lipinski definition) is 2. The van der Waals surface area contributed by atoms with Crippen LogP contribution < -0.4 is 11.1 Å². The van der Waals surface area contributed by atoms with Crippen LogP contribution in [0.2, 0.25) is 0 Å². The molecule has 0 aromatic carbocycles. The molecule has 58 valence electrons. The lowest BCUT2D eigenvalue weighted by Crippen LogP contribution is -2.37. The maximum absolute atomic E-state index is 5.66. The van der Waals surface area contributed by atoms with Gasteiger partial charge in [-0.25, -0.2) is 0 Å². The van der Waals surface area contributed by atoms with Crippen LogP contribution in [0.15, 0.2) is 4.99 Å². The molecule has 3 heteroatoms. The van der Waals surface area contributed by atoms with Gasteiger partial charge in [0.15, 0.2) is 0 Å². The third-order valence-corrected chi connectivity index (χ3v) is 1.97. The zero-order valence-corrected chi connectivity index (χ0v) is 6.43. The second kappa shape index (κ2) is 3.56. The molecule has 1 aliphatic heterocycles. The topological polar surface area (TPSA) is 50.4 Å². The second-order valence-corrected chi connectivity index (χ2v) is 2.69. The van der Waals surface area contributed by atoms with E-state index in [9.17, 15) is 0 Å². The number of piperidine rings is 1. The van der Waals surface area contributed by atoms with E-state index in [0.29, 0.717) is 5.92 Å². The van der Waals surface area contributed by atoms with Crippen molar-refractivity contribution < 1.29 is 0 Å². The molecule has 1 aliphatic rings. The number of hydrogen-bond donors (Lipinski definition) is 2. The Kier molecular flexibility index (Phi) is 2.68. The Labute approximate surface area is 61.7 Å². The quantitative estimate of drug-likeness (QED) is 0.398. The highest BCUT2D eigenvalue weighted by molar-refractivity contribution is 5.82. The zero-order valence-electron chi connectivity index (χ0n) is 6.43. The number of amidine groups is 1. The molecule has 0 spiro atoms. The summed E-state index contributed by atoms with van der Waals surface area (Å²) in [5, 5.41) is 3.29. The third-order valence-electron chi connectivity index (χ3n) is 1.97. The van der Waals surface area contributed by atoms with Crippen molar-refractivity contribution in [2.75, 3.05) is 20.1 Å². The molecule has 10 heavy (non-hydrogen) atoms. The van der Waals surface area contributed by atoms with Crippen molar-refractivity contribution in [2.24, 2.45) is 16.6 Å². The molecule has 0 aromatic rings. The van der Waals surface area contributed by atoms with E-state index >= 15 is 0 Å². The van der Waals surface area contributed by atoms with Gasteiger partial charge in [0.1, 0.15) is 0 Å². The van der Waals surface area contributed by atoms with Crippen LogP contribution in [-0.4, -0.2) is 26.0 Å². The molecular weight excluding hydrogens is 126 g/mol. The van der Waals surface area contributed by atoms with Crippen LogP contribution in [0.1, 0.15) is 12.8 Å². The minimum absolute atomic E-state index is 0.485. The Bertz CT molecular complexity index is 125. The first-order chi connectivity index (χ1) is 4.84. The number of aliphatic imine (C=N–C) groups is 1. The maximum atomic E-state index is 5.66. The van der Waals surface area contributed by atoms with Gasteiger partial charge in [0.25, 0.3) is 0 Å². The van der Waals surface area contributed by atoms with Crippen LogP contribution in [0.4, 0.5) is 0 Å². The van der Waals surface area contributed by atoms with E-state index in [2.05, 4.69) is 10.3 Å². The zero-order chi connectivity index (χ0) is 7.40. The summed E-state index contributed by atoms with van der Waals surface area (Å²) in [6.07, 6.45) is 2.41. The molecule has 0 saturated carbocycles. The lowest BCUT2D eigenvalue weighted by Gasteiger charge is -2.21. The van der Waals surface area contributed by atoms with E-state index in [0.717, 1.165) is 18.9 Å². The fourth-order valence-electron chi connectivity index (χ4n) is 1.29. The van der Waals surface area contributed by atoms with Crippen molar-refractivity contribution in [3.05, 3.63) is 0 Å². The van der Waals surface area contributed by atoms with E-state index < -0.39 is 0 Å². The Morgan fingerprint density at radius 3 is 3.00 bits per heavy atom. The Morgan fingerprint density at radius 1 is 1.70 bits per heavy atom. The molecular formula is C7H15N3. The number of nitrogens with two attached hydrogens (primary N) is 1. The summed E-state index contributed by atoms with van der Waals surface area (Å²) in [5.74, 6) is 1.28. The highest BCUT2D eigenvalue weighted by atomic mass is 14.9. The summed E-state index contributed by atoms with van der Waals surface area (Å²) in [4.78, 5) is 3.97. The highest BCUT2D eigenvalue weighted by Crippen LogP contribution is 2.08. The summed E-state index contributed by atoms with van der Waals surface area (Å²) >= 11 is 0. The lowest BCUT2D eigenvalue weighted by molar-refractivity contribution is 0.455. The first kappa shape index (κ1) is 7.54. The molecule has 0 amide bonds. The van der Waals surface area contributed by atoms with E-state index in [1.165, 1.54) is 12.8 Å². The highest BCUT2D eigenvalue weighted by Gasteiger charge is 2.15. The van der Waals surface area contributed by atoms with Crippen LogP contribution in [0.5, 0.6) is 0 Å². The molecule has 1 atom stereocenters. The van der Waals surface area contributed by atoms with Crippen molar-refractivity contribution in [2.45, 2.75) is 12.8 Å². The van der Waals surface area contributed by atoms with E-state index in [1.54, 1.807) is 7.05 Å². The van der Waals surface area contributed by atoms with Gasteiger partial charge in [0.2, 0.25) is 0 Å². The molecule has 0 aliphatic carbocycles. The number of nitrogens with one attached hydrogen (secondary N) is 1. The maximum Gasteiger partial charge on any atom is 0.0977 e. The Balaban J connectivity index is 2.39. The molecule has 0 aromatic heterocycles. The Morgan fingerprint density at radius 2 is 2.50 bits per heavy atom. The monoisotopic (exact) mass is 141 g/mol. The predicted molar refractivity (Wildman–Crippen MR) is 43.1 cm³/mol. The minimum atomic E-state index is 0.485. The van der Waals surface area contributed by atoms with Gasteiger partial charge in [-0.15, -0.1) is 0 Å². The standard InChI is InChI=1S/C7H15N3/c1-9-7(8)6-3-2-4-10-5-6/h6,10H,2-5H2,1H3,(H2,8,9). The Hall–Kier alpha value is -0.570. The average molecular weight is 141 g/mol. The number of nitrogens with zero attached hydrogens (tertiary/aromatic N) is 1. The van der Waals surface area contributed by atoms with Gasteiger partial charge in [-0.1, -0.05) is 0 Å². The van der Waals surface area contributed by atoms with Gasteiger partial charge in [0.05, 0.1) is 5.84 Å². The molecule has 3 N–H and O–H groups in total. The van der Waals surface area contributed by atoms with Crippen molar-refractivity contribution in [1.82, 2.24) is 5.32 Å². The van der Waals surface area contributed by atoms with E-state index in [-0.39, 0.29) is 0 Å². The van der Waals surface area contributed by atoms with Crippen LogP contribution >= 0.6 is 0 Å². The minimum Gasteiger partial charge on any atom is -0.387 e. The van der Waals surface area contributed by atoms with Crippen molar-refractivity contribution in [3.63, 3.8) is 0 Å². The summed E-state index contributed by atoms with van der Waals surface area (Å²) in [5.41, 5.74) is 5.66. The molecule has 1 fully saturated rings. The first-order valence-corrected chi connectivity index (χ1v) is 3.77. The van der Waals surface area contributed by atoms with Crippen molar-refractivity contribution in [3.8, 4) is 0 Å². The van der Waals surface area contributed by atoms with Crippen molar-refractivity contribution >= 4 is 5.84 Å². The molecule has 1 unspecified atom stereocenters. The molecule has 0 radical (unpaired) electrons. The van der Waals surface area contributed by atoms with Crippen molar-refractivity contribution in [1.29, 1.82) is 0 Å². The summed E-state index contributed by atoms with van der Waals surface area (Å²) < 4.78 is 0. The number of rotatable bonds is 1. The molecule has 0 bridgehead atoms. The summed E-state index contributed by atoms with van der Waals surface area (Å²) in [6.45, 7) is 2.14. The van der Waals surface area contributed by atoms with Crippen LogP contribution in [0.25, 0.3) is 0 Å². The average Bonchev–Trinajstić information content (AvgIpc) is 2.05. The van der Waals surface area contributed by atoms with Gasteiger partial charge in [-0.3, -0.25) is 4.99 Å². The molecule has 3 nitrogen and oxygen atoms in total. The molecule has 1 heterocycles. The van der Waals surface area contributed by atoms with Gasteiger partial charge in [-0.2, -0.15) is 0 Å². The summed E-state index contributed by atoms with van der Waals surface area (Å²) in [6, 6.07) is 0. The van der Waals surface area contributed by atoms with Gasteiger partial charge in [-0.05, 0) is 19.4 Å².